The van der Waals surface area contributed by atoms with Crippen LogP contribution in [0.1, 0.15) is 11.1 Å². The Morgan fingerprint density at radius 3 is 2.40 bits per heavy atom. The van der Waals surface area contributed by atoms with Gasteiger partial charge in [-0.25, -0.2) is 0 Å². The quantitative estimate of drug-likeness (QED) is 0.337. The number of carbonyl (C=O) groups excluding carboxylic acids is 1. The van der Waals surface area contributed by atoms with Crippen molar-refractivity contribution in [3.05, 3.63) is 65.4 Å². The van der Waals surface area contributed by atoms with E-state index < -0.39 is 5.91 Å². The number of hydrogen-bond acceptors (Lipinski definition) is 6. The lowest BCUT2D eigenvalue weighted by Gasteiger charge is -2.10. The van der Waals surface area contributed by atoms with Crippen molar-refractivity contribution in [3.8, 4) is 23.3 Å². The predicted octanol–water partition coefficient (Wildman–Crippen LogP) is 2.61. The van der Waals surface area contributed by atoms with Crippen LogP contribution in [0.25, 0.3) is 0 Å². The molecule has 7 nitrogen and oxygen atoms in total. The van der Waals surface area contributed by atoms with Crippen molar-refractivity contribution in [2.45, 2.75) is 12.8 Å². The zero-order valence-electron chi connectivity index (χ0n) is 17.5. The van der Waals surface area contributed by atoms with Crippen LogP contribution in [0.3, 0.4) is 0 Å². The minimum Gasteiger partial charge on any atom is -0.496 e. The van der Waals surface area contributed by atoms with Crippen LogP contribution in [0.2, 0.25) is 0 Å². The van der Waals surface area contributed by atoms with Gasteiger partial charge in [-0.2, -0.15) is 5.26 Å². The van der Waals surface area contributed by atoms with Crippen molar-refractivity contribution < 1.29 is 19.0 Å². The molecule has 0 aliphatic carbocycles. The molecule has 2 N–H and O–H groups in total. The van der Waals surface area contributed by atoms with Gasteiger partial charge >= 0.3 is 0 Å². The van der Waals surface area contributed by atoms with E-state index in [0.717, 1.165) is 16.9 Å². The smallest absolute Gasteiger partial charge is 0.263 e. The Kier molecular flexibility index (Phi) is 9.07. The Morgan fingerprint density at radius 1 is 0.967 bits per heavy atom. The van der Waals surface area contributed by atoms with E-state index in [2.05, 4.69) is 10.6 Å². The van der Waals surface area contributed by atoms with E-state index in [-0.39, 0.29) is 5.57 Å². The number of nitrogens with one attached hydrogen (secondary N) is 2. The van der Waals surface area contributed by atoms with Gasteiger partial charge < -0.3 is 24.8 Å². The van der Waals surface area contributed by atoms with Gasteiger partial charge in [0.05, 0.1) is 21.3 Å². The maximum absolute atomic E-state index is 12.2. The summed E-state index contributed by atoms with van der Waals surface area (Å²) >= 11 is 0. The number of carbonyl (C=O) groups is 1. The number of ether oxygens (including phenoxy) is 3. The van der Waals surface area contributed by atoms with Gasteiger partial charge in [-0.15, -0.1) is 0 Å². The number of para-hydroxylation sites is 1. The van der Waals surface area contributed by atoms with E-state index in [0.29, 0.717) is 37.4 Å². The summed E-state index contributed by atoms with van der Waals surface area (Å²) in [5.74, 6) is 1.69. The number of benzene rings is 2. The first-order valence-corrected chi connectivity index (χ1v) is 9.57. The van der Waals surface area contributed by atoms with Gasteiger partial charge in [0.25, 0.3) is 5.91 Å². The van der Waals surface area contributed by atoms with Crippen molar-refractivity contribution in [2.24, 2.45) is 0 Å². The molecule has 0 aliphatic rings. The Bertz CT molecular complexity index is 919. The van der Waals surface area contributed by atoms with Crippen LogP contribution >= 0.6 is 0 Å². The van der Waals surface area contributed by atoms with Crippen LogP contribution in [0.4, 0.5) is 0 Å². The van der Waals surface area contributed by atoms with Crippen LogP contribution in [0.15, 0.2) is 54.2 Å². The zero-order chi connectivity index (χ0) is 21.8. The fourth-order valence-electron chi connectivity index (χ4n) is 2.89. The van der Waals surface area contributed by atoms with Crippen LogP contribution in [0, 0.1) is 11.3 Å². The second-order valence-electron chi connectivity index (χ2n) is 6.38. The molecule has 0 bridgehead atoms. The van der Waals surface area contributed by atoms with Crippen LogP contribution < -0.4 is 24.8 Å². The average Bonchev–Trinajstić information content (AvgIpc) is 2.79. The van der Waals surface area contributed by atoms with Crippen LogP contribution in [0.5, 0.6) is 17.2 Å². The molecule has 2 rings (SSSR count). The van der Waals surface area contributed by atoms with Gasteiger partial charge in [0.1, 0.15) is 17.4 Å². The van der Waals surface area contributed by atoms with E-state index in [1.165, 1.54) is 6.20 Å². The average molecular weight is 409 g/mol. The van der Waals surface area contributed by atoms with Crippen LogP contribution in [-0.4, -0.2) is 40.3 Å². The summed E-state index contributed by atoms with van der Waals surface area (Å²) in [5, 5.41) is 15.1. The van der Waals surface area contributed by atoms with E-state index in [4.69, 9.17) is 14.2 Å². The van der Waals surface area contributed by atoms with E-state index in [9.17, 15) is 10.1 Å². The molecule has 2 aromatic rings. The normalized spacial score (nSPS) is 10.7. The number of amides is 1. The molecule has 0 saturated heterocycles. The molecule has 30 heavy (non-hydrogen) atoms. The number of methoxy groups -OCH3 is 3. The molecule has 158 valence electrons. The zero-order valence-corrected chi connectivity index (χ0v) is 17.5. The lowest BCUT2D eigenvalue weighted by molar-refractivity contribution is -0.117. The second kappa shape index (κ2) is 12.0. The Labute approximate surface area is 177 Å². The fraction of sp³-hybridized carbons (Fsp3) is 0.304. The first-order valence-electron chi connectivity index (χ1n) is 9.57. The van der Waals surface area contributed by atoms with Gasteiger partial charge in [-0.3, -0.25) is 4.79 Å². The summed E-state index contributed by atoms with van der Waals surface area (Å²) in [4.78, 5) is 12.2. The lowest BCUT2D eigenvalue weighted by atomic mass is 10.1. The van der Waals surface area contributed by atoms with Gasteiger partial charge in [0.2, 0.25) is 0 Å². The topological polar surface area (TPSA) is 92.6 Å². The Balaban J connectivity index is 1.82. The second-order valence-corrected chi connectivity index (χ2v) is 6.38. The molecule has 0 spiro atoms. The van der Waals surface area contributed by atoms with E-state index in [1.807, 2.05) is 48.5 Å². The minimum atomic E-state index is -0.414. The summed E-state index contributed by atoms with van der Waals surface area (Å²) < 4.78 is 15.8. The third-order valence-corrected chi connectivity index (χ3v) is 4.49. The first-order chi connectivity index (χ1) is 14.6. The molecule has 0 aromatic heterocycles. The highest BCUT2D eigenvalue weighted by atomic mass is 16.5. The summed E-state index contributed by atoms with van der Waals surface area (Å²) in [7, 11) is 4.79. The molecule has 0 heterocycles. The highest BCUT2D eigenvalue weighted by molar-refractivity contribution is 5.97. The molecule has 0 saturated carbocycles. The summed E-state index contributed by atoms with van der Waals surface area (Å²) in [6, 6.07) is 15.3. The van der Waals surface area contributed by atoms with Crippen molar-refractivity contribution in [2.75, 3.05) is 34.4 Å². The van der Waals surface area contributed by atoms with Gasteiger partial charge in [0.15, 0.2) is 11.5 Å². The van der Waals surface area contributed by atoms with Gasteiger partial charge in [-0.05, 0) is 42.2 Å². The molecule has 0 atom stereocenters. The Hall–Kier alpha value is -3.66. The standard InChI is InChI=1S/C23H27N3O4/c1-28-20-7-5-4-6-18(20)11-12-25-16-19(15-24)23(27)26-13-10-17-8-9-21(29-2)22(14-17)30-3/h4-9,14,16,25H,10-13H2,1-3H3,(H,26,27)/b19-16-. The van der Waals surface area contributed by atoms with E-state index >= 15 is 0 Å². The van der Waals surface area contributed by atoms with Crippen LogP contribution in [-0.2, 0) is 17.6 Å². The van der Waals surface area contributed by atoms with E-state index in [1.54, 1.807) is 21.3 Å². The third kappa shape index (κ3) is 6.45. The molecular formula is C23H27N3O4. The summed E-state index contributed by atoms with van der Waals surface area (Å²) in [6.45, 7) is 0.971. The maximum Gasteiger partial charge on any atom is 0.263 e. The van der Waals surface area contributed by atoms with Gasteiger partial charge in [-0.1, -0.05) is 24.3 Å². The molecule has 0 unspecified atom stereocenters. The molecule has 1 amide bonds. The minimum absolute atomic E-state index is 0.0299. The predicted molar refractivity (Wildman–Crippen MR) is 115 cm³/mol. The first kappa shape index (κ1) is 22.6. The number of nitrogens with zero attached hydrogens (tertiary/aromatic N) is 1. The maximum atomic E-state index is 12.2. The van der Waals surface area contributed by atoms with Crippen molar-refractivity contribution >= 4 is 5.91 Å². The largest absolute Gasteiger partial charge is 0.496 e. The summed E-state index contributed by atoms with van der Waals surface area (Å²) in [5.41, 5.74) is 2.08. The third-order valence-electron chi connectivity index (χ3n) is 4.49. The fourth-order valence-corrected chi connectivity index (χ4v) is 2.89. The molecule has 0 aliphatic heterocycles. The van der Waals surface area contributed by atoms with Gasteiger partial charge in [0, 0.05) is 19.3 Å². The lowest BCUT2D eigenvalue weighted by Crippen LogP contribution is -2.28. The number of hydrogen-bond donors (Lipinski definition) is 2. The number of rotatable bonds is 11. The molecule has 0 radical (unpaired) electrons. The Morgan fingerprint density at radius 2 is 1.70 bits per heavy atom. The van der Waals surface area contributed by atoms with Crippen molar-refractivity contribution in [1.29, 1.82) is 5.26 Å². The van der Waals surface area contributed by atoms with Crippen molar-refractivity contribution in [3.63, 3.8) is 0 Å². The van der Waals surface area contributed by atoms with Crippen molar-refractivity contribution in [1.82, 2.24) is 10.6 Å². The molecular weight excluding hydrogens is 382 g/mol. The number of nitriles is 1. The monoisotopic (exact) mass is 409 g/mol. The highest BCUT2D eigenvalue weighted by Crippen LogP contribution is 2.27. The molecule has 7 heteroatoms. The highest BCUT2D eigenvalue weighted by Gasteiger charge is 2.09. The summed E-state index contributed by atoms with van der Waals surface area (Å²) in [6.07, 6.45) is 2.76. The molecule has 2 aromatic carbocycles. The SMILES string of the molecule is COc1ccccc1CCN/C=C(/C#N)C(=O)NCCc1ccc(OC)c(OC)c1. The molecule has 0 fully saturated rings.